The number of benzene rings is 1. The Kier molecular flexibility index (Phi) is 4.23. The highest BCUT2D eigenvalue weighted by atomic mass is 35.5. The molecule has 1 heterocycles. The smallest absolute Gasteiger partial charge is 0.129 e. The summed E-state index contributed by atoms with van der Waals surface area (Å²) < 4.78 is 13.5. The number of hydrogen-bond donors (Lipinski definition) is 1. The fraction of sp³-hybridized carbons (Fsp3) is 0.231. The van der Waals surface area contributed by atoms with Gasteiger partial charge in [-0.3, -0.25) is 0 Å². The maximum Gasteiger partial charge on any atom is 0.129 e. The lowest BCUT2D eigenvalue weighted by molar-refractivity contribution is 0.585. The van der Waals surface area contributed by atoms with Crippen LogP contribution < -0.4 is 5.32 Å². The third-order valence-electron chi connectivity index (χ3n) is 2.47. The van der Waals surface area contributed by atoms with Crippen LogP contribution in [0, 0.1) is 12.7 Å². The second-order valence-corrected chi connectivity index (χ2v) is 4.37. The molecule has 0 aliphatic heterocycles. The van der Waals surface area contributed by atoms with Gasteiger partial charge in [0.25, 0.3) is 0 Å². The summed E-state index contributed by atoms with van der Waals surface area (Å²) >= 11 is 5.69. The van der Waals surface area contributed by atoms with E-state index in [1.165, 1.54) is 6.07 Å². The molecule has 0 amide bonds. The van der Waals surface area contributed by atoms with Crippen LogP contribution in [0.5, 0.6) is 0 Å². The minimum atomic E-state index is -0.297. The molecule has 0 bridgehead atoms. The molecule has 0 fully saturated rings. The van der Waals surface area contributed by atoms with E-state index >= 15 is 0 Å². The van der Waals surface area contributed by atoms with Gasteiger partial charge >= 0.3 is 0 Å². The Bertz CT molecular complexity index is 546. The first-order valence-corrected chi connectivity index (χ1v) is 5.96. The third kappa shape index (κ3) is 3.48. The first kappa shape index (κ1) is 12.9. The van der Waals surface area contributed by atoms with E-state index in [-0.39, 0.29) is 5.82 Å². The van der Waals surface area contributed by atoms with Crippen molar-refractivity contribution in [2.75, 3.05) is 0 Å². The van der Waals surface area contributed by atoms with Crippen molar-refractivity contribution in [3.63, 3.8) is 0 Å². The minimum Gasteiger partial charge on any atom is -0.307 e. The SMILES string of the molecule is Cc1nccc(CNCc2ccc(Cl)cc2F)n1. The first-order chi connectivity index (χ1) is 8.65. The maximum atomic E-state index is 13.5. The van der Waals surface area contributed by atoms with Gasteiger partial charge in [0.1, 0.15) is 11.6 Å². The summed E-state index contributed by atoms with van der Waals surface area (Å²) in [6, 6.07) is 6.50. The molecule has 0 saturated heterocycles. The van der Waals surface area contributed by atoms with Crippen LogP contribution in [0.4, 0.5) is 4.39 Å². The average Bonchev–Trinajstić information content (AvgIpc) is 2.32. The average molecular weight is 266 g/mol. The quantitative estimate of drug-likeness (QED) is 0.924. The van der Waals surface area contributed by atoms with Crippen molar-refractivity contribution in [1.82, 2.24) is 15.3 Å². The van der Waals surface area contributed by atoms with Gasteiger partial charge in [-0.1, -0.05) is 17.7 Å². The van der Waals surface area contributed by atoms with Gasteiger partial charge in [-0.05, 0) is 25.1 Å². The topological polar surface area (TPSA) is 37.8 Å². The molecule has 0 spiro atoms. The third-order valence-corrected chi connectivity index (χ3v) is 2.71. The number of nitrogens with one attached hydrogen (secondary N) is 1. The highest BCUT2D eigenvalue weighted by Crippen LogP contribution is 2.14. The van der Waals surface area contributed by atoms with Crippen LogP contribution in [0.2, 0.25) is 5.02 Å². The molecule has 1 aromatic heterocycles. The molecular weight excluding hydrogens is 253 g/mol. The summed E-state index contributed by atoms with van der Waals surface area (Å²) in [6.45, 7) is 2.85. The molecular formula is C13H13ClFN3. The lowest BCUT2D eigenvalue weighted by Crippen LogP contribution is -2.15. The molecule has 3 nitrogen and oxygen atoms in total. The van der Waals surface area contributed by atoms with E-state index in [2.05, 4.69) is 15.3 Å². The molecule has 1 N–H and O–H groups in total. The molecule has 1 aromatic carbocycles. The van der Waals surface area contributed by atoms with Gasteiger partial charge in [0, 0.05) is 29.9 Å². The molecule has 94 valence electrons. The van der Waals surface area contributed by atoms with Crippen LogP contribution >= 0.6 is 11.6 Å². The van der Waals surface area contributed by atoms with Crippen molar-refractivity contribution in [2.45, 2.75) is 20.0 Å². The summed E-state index contributed by atoms with van der Waals surface area (Å²) in [5, 5.41) is 3.54. The van der Waals surface area contributed by atoms with Gasteiger partial charge in [-0.25, -0.2) is 14.4 Å². The summed E-state index contributed by atoms with van der Waals surface area (Å²) in [5.74, 6) is 0.431. The van der Waals surface area contributed by atoms with Crippen LogP contribution in [-0.4, -0.2) is 9.97 Å². The molecule has 5 heteroatoms. The van der Waals surface area contributed by atoms with E-state index in [9.17, 15) is 4.39 Å². The van der Waals surface area contributed by atoms with Gasteiger partial charge in [0.15, 0.2) is 0 Å². The highest BCUT2D eigenvalue weighted by Gasteiger charge is 2.03. The predicted octanol–water partition coefficient (Wildman–Crippen LogP) is 2.87. The second kappa shape index (κ2) is 5.89. The van der Waals surface area contributed by atoms with E-state index in [4.69, 9.17) is 11.6 Å². The van der Waals surface area contributed by atoms with E-state index in [0.29, 0.717) is 23.7 Å². The Morgan fingerprint density at radius 1 is 1.28 bits per heavy atom. The zero-order valence-corrected chi connectivity index (χ0v) is 10.7. The highest BCUT2D eigenvalue weighted by molar-refractivity contribution is 6.30. The Balaban J connectivity index is 1.92. The molecule has 0 radical (unpaired) electrons. The number of halogens is 2. The van der Waals surface area contributed by atoms with Crippen LogP contribution in [0.15, 0.2) is 30.5 Å². The molecule has 0 atom stereocenters. The van der Waals surface area contributed by atoms with Gasteiger partial charge < -0.3 is 5.32 Å². The Morgan fingerprint density at radius 2 is 2.11 bits per heavy atom. The monoisotopic (exact) mass is 265 g/mol. The summed E-state index contributed by atoms with van der Waals surface area (Å²) in [4.78, 5) is 8.27. The zero-order chi connectivity index (χ0) is 13.0. The maximum absolute atomic E-state index is 13.5. The van der Waals surface area contributed by atoms with Crippen LogP contribution in [0.3, 0.4) is 0 Å². The van der Waals surface area contributed by atoms with Crippen molar-refractivity contribution in [1.29, 1.82) is 0 Å². The van der Waals surface area contributed by atoms with Crippen molar-refractivity contribution >= 4 is 11.6 Å². The van der Waals surface area contributed by atoms with Gasteiger partial charge in [0.05, 0.1) is 5.69 Å². The van der Waals surface area contributed by atoms with E-state index in [0.717, 1.165) is 11.5 Å². The Morgan fingerprint density at radius 3 is 2.83 bits per heavy atom. The molecule has 0 aliphatic carbocycles. The van der Waals surface area contributed by atoms with Crippen LogP contribution in [0.25, 0.3) is 0 Å². The fourth-order valence-electron chi connectivity index (χ4n) is 1.59. The van der Waals surface area contributed by atoms with E-state index in [1.54, 1.807) is 18.3 Å². The molecule has 2 rings (SSSR count). The predicted molar refractivity (Wildman–Crippen MR) is 68.7 cm³/mol. The lowest BCUT2D eigenvalue weighted by atomic mass is 10.2. The number of aryl methyl sites for hydroxylation is 1. The molecule has 18 heavy (non-hydrogen) atoms. The number of aromatic nitrogens is 2. The van der Waals surface area contributed by atoms with E-state index in [1.807, 2.05) is 13.0 Å². The fourth-order valence-corrected chi connectivity index (χ4v) is 1.75. The minimum absolute atomic E-state index is 0.297. The Labute approximate surface area is 110 Å². The van der Waals surface area contributed by atoms with Crippen LogP contribution in [-0.2, 0) is 13.1 Å². The van der Waals surface area contributed by atoms with Crippen molar-refractivity contribution in [3.8, 4) is 0 Å². The van der Waals surface area contributed by atoms with Crippen molar-refractivity contribution in [3.05, 3.63) is 58.4 Å². The normalized spacial score (nSPS) is 10.6. The number of hydrogen-bond acceptors (Lipinski definition) is 3. The Hall–Kier alpha value is -1.52. The van der Waals surface area contributed by atoms with Gasteiger partial charge in [-0.2, -0.15) is 0 Å². The lowest BCUT2D eigenvalue weighted by Gasteiger charge is -2.06. The number of nitrogens with zero attached hydrogens (tertiary/aromatic N) is 2. The second-order valence-electron chi connectivity index (χ2n) is 3.93. The molecule has 0 unspecified atom stereocenters. The summed E-state index contributed by atoms with van der Waals surface area (Å²) in [6.07, 6.45) is 1.71. The molecule has 0 saturated carbocycles. The van der Waals surface area contributed by atoms with E-state index < -0.39 is 0 Å². The zero-order valence-electron chi connectivity index (χ0n) is 9.95. The summed E-state index contributed by atoms with van der Waals surface area (Å²) in [7, 11) is 0. The van der Waals surface area contributed by atoms with Crippen molar-refractivity contribution in [2.24, 2.45) is 0 Å². The van der Waals surface area contributed by atoms with Crippen LogP contribution in [0.1, 0.15) is 17.1 Å². The molecule has 0 aliphatic rings. The van der Waals surface area contributed by atoms with Gasteiger partial charge in [0.2, 0.25) is 0 Å². The molecule has 2 aromatic rings. The van der Waals surface area contributed by atoms with Gasteiger partial charge in [-0.15, -0.1) is 0 Å². The largest absolute Gasteiger partial charge is 0.307 e. The van der Waals surface area contributed by atoms with Crippen molar-refractivity contribution < 1.29 is 4.39 Å². The first-order valence-electron chi connectivity index (χ1n) is 5.58. The standard InChI is InChI=1S/C13H13ClFN3/c1-9-17-5-4-12(18-9)8-16-7-10-2-3-11(14)6-13(10)15/h2-6,16H,7-8H2,1H3. The summed E-state index contributed by atoms with van der Waals surface area (Å²) in [5.41, 5.74) is 1.47. The number of rotatable bonds is 4.